The number of allylic oxidation sites excluding steroid dienone is 1. The molecule has 166 valence electrons. The first-order valence-electron chi connectivity index (χ1n) is 10.0. The maximum absolute atomic E-state index is 13.6. The van der Waals surface area contributed by atoms with Crippen molar-refractivity contribution in [3.8, 4) is 11.4 Å². The fourth-order valence-corrected chi connectivity index (χ4v) is 4.36. The van der Waals surface area contributed by atoms with E-state index in [1.807, 2.05) is 42.3 Å². The summed E-state index contributed by atoms with van der Waals surface area (Å²) in [5.74, 6) is 0.588. The number of aromatic nitrogens is 2. The van der Waals surface area contributed by atoms with E-state index in [0.29, 0.717) is 30.0 Å². The zero-order valence-electron chi connectivity index (χ0n) is 18.0. The van der Waals surface area contributed by atoms with Crippen LogP contribution >= 0.6 is 24.0 Å². The molecule has 4 rings (SSSR count). The van der Waals surface area contributed by atoms with Crippen molar-refractivity contribution in [1.29, 1.82) is 0 Å². The van der Waals surface area contributed by atoms with E-state index in [4.69, 9.17) is 21.5 Å². The lowest BCUT2D eigenvalue weighted by atomic mass is 9.95. The molecule has 1 aliphatic heterocycles. The van der Waals surface area contributed by atoms with E-state index in [1.54, 1.807) is 31.0 Å². The lowest BCUT2D eigenvalue weighted by Crippen LogP contribution is -2.47. The van der Waals surface area contributed by atoms with Gasteiger partial charge in [0.15, 0.2) is 5.11 Å². The van der Waals surface area contributed by atoms with Gasteiger partial charge in [-0.1, -0.05) is 17.3 Å². The molecule has 0 radical (unpaired) electrons. The highest BCUT2D eigenvalue weighted by atomic mass is 32.2. The summed E-state index contributed by atoms with van der Waals surface area (Å²) in [6.45, 7) is 3.04. The number of hydrogen-bond acceptors (Lipinski definition) is 6. The van der Waals surface area contributed by atoms with Gasteiger partial charge in [-0.05, 0) is 67.4 Å². The summed E-state index contributed by atoms with van der Waals surface area (Å²) >= 11 is 7.28. The van der Waals surface area contributed by atoms with Crippen molar-refractivity contribution in [3.63, 3.8) is 0 Å². The first kappa shape index (κ1) is 22.4. The van der Waals surface area contributed by atoms with Gasteiger partial charge in [0.05, 0.1) is 18.2 Å². The number of ether oxygens (including phenoxy) is 1. The molecule has 0 saturated heterocycles. The van der Waals surface area contributed by atoms with E-state index in [9.17, 15) is 4.39 Å². The van der Waals surface area contributed by atoms with Gasteiger partial charge in [0.1, 0.15) is 5.82 Å². The van der Waals surface area contributed by atoms with Gasteiger partial charge in [-0.15, -0.1) is 11.8 Å². The Labute approximate surface area is 195 Å². The van der Waals surface area contributed by atoms with E-state index < -0.39 is 0 Å². The summed E-state index contributed by atoms with van der Waals surface area (Å²) in [5, 5.41) is 8.11. The number of benzene rings is 2. The minimum Gasteiger partial charge on any atom is -0.383 e. The van der Waals surface area contributed by atoms with Crippen LogP contribution in [-0.4, -0.2) is 46.7 Å². The largest absolute Gasteiger partial charge is 0.383 e. The first-order chi connectivity index (χ1) is 15.5. The average Bonchev–Trinajstić information content (AvgIpc) is 3.29. The van der Waals surface area contributed by atoms with Crippen molar-refractivity contribution in [2.24, 2.45) is 0 Å². The highest BCUT2D eigenvalue weighted by Crippen LogP contribution is 2.37. The molecule has 2 heterocycles. The van der Waals surface area contributed by atoms with Crippen molar-refractivity contribution in [3.05, 3.63) is 71.5 Å². The number of rotatable bonds is 7. The van der Waals surface area contributed by atoms with E-state index in [-0.39, 0.29) is 11.9 Å². The summed E-state index contributed by atoms with van der Waals surface area (Å²) in [6.07, 6.45) is 2.03. The molecule has 2 aromatic carbocycles. The Morgan fingerprint density at radius 3 is 2.56 bits per heavy atom. The second-order valence-corrected chi connectivity index (χ2v) is 8.50. The molecule has 1 aliphatic rings. The van der Waals surface area contributed by atoms with Crippen LogP contribution in [0.4, 0.5) is 4.39 Å². The zero-order valence-corrected chi connectivity index (χ0v) is 19.6. The summed E-state index contributed by atoms with van der Waals surface area (Å²) in [5.41, 5.74) is 3.39. The van der Waals surface area contributed by atoms with Crippen LogP contribution in [0.15, 0.2) is 63.6 Å². The van der Waals surface area contributed by atoms with E-state index in [0.717, 1.165) is 27.3 Å². The topological polar surface area (TPSA) is 63.4 Å². The molecular weight excluding hydrogens is 447 g/mol. The van der Waals surface area contributed by atoms with Crippen LogP contribution in [0.3, 0.4) is 0 Å². The molecule has 1 aromatic heterocycles. The molecular formula is C23H23FN4O2S2. The first-order valence-corrected chi connectivity index (χ1v) is 11.7. The molecule has 0 saturated carbocycles. The SMILES string of the molecule is COCCN1C(=S)NC(c2ccc(F)cc2)C(c2nc(-c3ccc(SC)cc3)no2)=C1C. The predicted molar refractivity (Wildman–Crippen MR) is 128 cm³/mol. The maximum Gasteiger partial charge on any atom is 0.258 e. The average molecular weight is 471 g/mol. The molecule has 32 heavy (non-hydrogen) atoms. The number of nitrogens with zero attached hydrogens (tertiary/aromatic N) is 3. The Hall–Kier alpha value is -2.75. The molecule has 0 bridgehead atoms. The molecule has 1 unspecified atom stereocenters. The quantitative estimate of drug-likeness (QED) is 0.386. The third-order valence-electron chi connectivity index (χ3n) is 5.32. The third kappa shape index (κ3) is 4.55. The van der Waals surface area contributed by atoms with Crippen LogP contribution in [-0.2, 0) is 4.74 Å². The maximum atomic E-state index is 13.6. The van der Waals surface area contributed by atoms with Crippen molar-refractivity contribution in [2.45, 2.75) is 17.9 Å². The lowest BCUT2D eigenvalue weighted by Gasteiger charge is -2.37. The van der Waals surface area contributed by atoms with Crippen molar-refractivity contribution < 1.29 is 13.7 Å². The second-order valence-electron chi connectivity index (χ2n) is 7.23. The fraction of sp³-hybridized carbons (Fsp3) is 0.261. The Balaban J connectivity index is 1.76. The minimum absolute atomic E-state index is 0.301. The molecule has 0 fully saturated rings. The number of halogens is 1. The summed E-state index contributed by atoms with van der Waals surface area (Å²) in [6, 6.07) is 13.9. The molecule has 0 spiro atoms. The van der Waals surface area contributed by atoms with E-state index >= 15 is 0 Å². The van der Waals surface area contributed by atoms with Gasteiger partial charge in [-0.25, -0.2) is 4.39 Å². The van der Waals surface area contributed by atoms with E-state index in [2.05, 4.69) is 15.5 Å². The van der Waals surface area contributed by atoms with Gasteiger partial charge in [0, 0.05) is 29.8 Å². The highest BCUT2D eigenvalue weighted by Gasteiger charge is 2.34. The monoisotopic (exact) mass is 470 g/mol. The second kappa shape index (κ2) is 9.81. The standard InChI is InChI=1S/C23H23FN4O2S2/c1-14-19(22-26-21(27-30-22)16-6-10-18(32-3)11-7-16)20(15-4-8-17(24)9-5-15)25-23(31)28(14)12-13-29-2/h4-11,20H,12-13H2,1-3H3,(H,25,31). The molecule has 1 N–H and O–H groups in total. The summed E-state index contributed by atoms with van der Waals surface area (Å²) < 4.78 is 24.5. The van der Waals surface area contributed by atoms with Gasteiger partial charge in [-0.2, -0.15) is 4.98 Å². The van der Waals surface area contributed by atoms with Crippen LogP contribution in [0.25, 0.3) is 17.0 Å². The van der Waals surface area contributed by atoms with Crippen molar-refractivity contribution in [1.82, 2.24) is 20.4 Å². The Morgan fingerprint density at radius 2 is 1.91 bits per heavy atom. The number of thioether (sulfide) groups is 1. The van der Waals surface area contributed by atoms with Gasteiger partial charge >= 0.3 is 0 Å². The van der Waals surface area contributed by atoms with Gasteiger partial charge in [0.25, 0.3) is 5.89 Å². The Bertz CT molecular complexity index is 1130. The molecule has 9 heteroatoms. The molecule has 1 atom stereocenters. The molecule has 0 amide bonds. The minimum atomic E-state index is -0.353. The van der Waals surface area contributed by atoms with Crippen LogP contribution in [0.1, 0.15) is 24.4 Å². The zero-order chi connectivity index (χ0) is 22.7. The molecule has 3 aromatic rings. The number of hydrogen-bond donors (Lipinski definition) is 1. The van der Waals surface area contributed by atoms with Gasteiger partial charge < -0.3 is 19.5 Å². The number of nitrogens with one attached hydrogen (secondary N) is 1. The smallest absolute Gasteiger partial charge is 0.258 e. The van der Waals surface area contributed by atoms with E-state index in [1.165, 1.54) is 12.1 Å². The fourth-order valence-electron chi connectivity index (χ4n) is 3.61. The Kier molecular flexibility index (Phi) is 6.88. The van der Waals surface area contributed by atoms with Crippen molar-refractivity contribution in [2.75, 3.05) is 26.5 Å². The summed E-state index contributed by atoms with van der Waals surface area (Å²) in [7, 11) is 1.65. The summed E-state index contributed by atoms with van der Waals surface area (Å²) in [4.78, 5) is 7.79. The predicted octanol–water partition coefficient (Wildman–Crippen LogP) is 4.91. The van der Waals surface area contributed by atoms with Crippen LogP contribution in [0.2, 0.25) is 0 Å². The highest BCUT2D eigenvalue weighted by molar-refractivity contribution is 7.98. The van der Waals surface area contributed by atoms with Crippen LogP contribution in [0.5, 0.6) is 0 Å². The number of methoxy groups -OCH3 is 1. The van der Waals surface area contributed by atoms with Gasteiger partial charge in [-0.3, -0.25) is 0 Å². The third-order valence-corrected chi connectivity index (χ3v) is 6.41. The normalized spacial score (nSPS) is 16.4. The van der Waals surface area contributed by atoms with Crippen LogP contribution in [0, 0.1) is 5.82 Å². The lowest BCUT2D eigenvalue weighted by molar-refractivity contribution is 0.183. The molecule has 0 aliphatic carbocycles. The van der Waals surface area contributed by atoms with Crippen LogP contribution < -0.4 is 5.32 Å². The Morgan fingerprint density at radius 1 is 1.19 bits per heavy atom. The van der Waals surface area contributed by atoms with Gasteiger partial charge in [0.2, 0.25) is 5.82 Å². The van der Waals surface area contributed by atoms with Crippen molar-refractivity contribution >= 4 is 34.7 Å². The molecule has 6 nitrogen and oxygen atoms in total. The number of thiocarbonyl (C=S) groups is 1.